The van der Waals surface area contributed by atoms with Gasteiger partial charge in [-0.2, -0.15) is 9.97 Å². The number of fused-ring (bicyclic) bond motifs is 1. The van der Waals surface area contributed by atoms with Crippen molar-refractivity contribution in [1.82, 2.24) is 34.6 Å². The number of rotatable bonds is 8. The lowest BCUT2D eigenvalue weighted by Crippen LogP contribution is -2.37. The van der Waals surface area contributed by atoms with Crippen LogP contribution in [-0.2, 0) is 16.1 Å². The highest BCUT2D eigenvalue weighted by atomic mass is 16.5. The second-order valence-corrected chi connectivity index (χ2v) is 8.19. The normalized spacial score (nSPS) is 13.7. The Bertz CT molecular complexity index is 1360. The first kappa shape index (κ1) is 23.5. The molecule has 1 aliphatic heterocycles. The molecule has 1 fully saturated rings. The van der Waals surface area contributed by atoms with Crippen LogP contribution in [-0.4, -0.2) is 82.2 Å². The number of carbonyl (C=O) groups is 1. The van der Waals surface area contributed by atoms with Crippen molar-refractivity contribution in [2.45, 2.75) is 13.5 Å². The van der Waals surface area contributed by atoms with Gasteiger partial charge in [-0.05, 0) is 12.5 Å². The smallest absolute Gasteiger partial charge is 0.254 e. The van der Waals surface area contributed by atoms with Crippen LogP contribution in [0.2, 0.25) is 0 Å². The van der Waals surface area contributed by atoms with E-state index in [0.717, 1.165) is 11.1 Å². The minimum Gasteiger partial charge on any atom is -0.479 e. The maximum absolute atomic E-state index is 11.8. The average Bonchev–Trinajstić information content (AvgIpc) is 3.53. The number of hydrogen-bond acceptors (Lipinski definition) is 9. The van der Waals surface area contributed by atoms with E-state index in [1.165, 1.54) is 0 Å². The first-order valence-electron chi connectivity index (χ1n) is 11.9. The van der Waals surface area contributed by atoms with Gasteiger partial charge >= 0.3 is 0 Å². The van der Waals surface area contributed by atoms with Gasteiger partial charge in [0.15, 0.2) is 17.0 Å². The summed E-state index contributed by atoms with van der Waals surface area (Å²) in [4.78, 5) is 28.5. The standard InChI is InChI=1S/C24H29N9O3/c1-4-32-21-19(27-23(32)26-14-18(34)25-2)20(31-10-12-36-13-11-31)28-24(29-21)33-15-17(22(30-33)35-3)16-8-6-5-7-9-16/h5-9,15H,4,10-14H2,1-3H3,(H,25,34)(H,26,27). The Morgan fingerprint density at radius 1 is 1.14 bits per heavy atom. The molecule has 0 radical (unpaired) electrons. The lowest BCUT2D eigenvalue weighted by Gasteiger charge is -2.28. The van der Waals surface area contributed by atoms with Gasteiger partial charge in [0.05, 0.1) is 32.4 Å². The summed E-state index contributed by atoms with van der Waals surface area (Å²) in [7, 11) is 3.20. The Morgan fingerprint density at radius 3 is 2.61 bits per heavy atom. The molecule has 1 saturated heterocycles. The third-order valence-corrected chi connectivity index (χ3v) is 6.04. The molecule has 2 N–H and O–H groups in total. The third-order valence-electron chi connectivity index (χ3n) is 6.04. The Kier molecular flexibility index (Phi) is 6.67. The molecule has 1 aromatic carbocycles. The molecule has 1 aliphatic rings. The van der Waals surface area contributed by atoms with Crippen LogP contribution >= 0.6 is 0 Å². The summed E-state index contributed by atoms with van der Waals surface area (Å²) in [6, 6.07) is 9.91. The van der Waals surface area contributed by atoms with Crippen molar-refractivity contribution in [3.05, 3.63) is 36.5 Å². The number of nitrogens with one attached hydrogen (secondary N) is 2. The molecule has 0 spiro atoms. The second-order valence-electron chi connectivity index (χ2n) is 8.19. The van der Waals surface area contributed by atoms with Crippen molar-refractivity contribution in [1.29, 1.82) is 0 Å². The quantitative estimate of drug-likeness (QED) is 0.379. The molecule has 3 aromatic heterocycles. The molecule has 1 amide bonds. The van der Waals surface area contributed by atoms with E-state index < -0.39 is 0 Å². The summed E-state index contributed by atoms with van der Waals surface area (Å²) in [5.74, 6) is 2.00. The number of methoxy groups -OCH3 is 1. The number of imidazole rings is 1. The number of nitrogens with zero attached hydrogens (tertiary/aromatic N) is 7. The van der Waals surface area contributed by atoms with Crippen molar-refractivity contribution < 1.29 is 14.3 Å². The minimum atomic E-state index is -0.137. The van der Waals surface area contributed by atoms with E-state index >= 15 is 0 Å². The van der Waals surface area contributed by atoms with Crippen LogP contribution in [0.1, 0.15) is 6.92 Å². The Hall–Kier alpha value is -4.19. The van der Waals surface area contributed by atoms with E-state index in [1.54, 1.807) is 18.8 Å². The van der Waals surface area contributed by atoms with E-state index in [9.17, 15) is 4.79 Å². The molecule has 188 valence electrons. The van der Waals surface area contributed by atoms with Gasteiger partial charge in [-0.3, -0.25) is 9.36 Å². The van der Waals surface area contributed by atoms with Gasteiger partial charge in [-0.1, -0.05) is 30.3 Å². The highest BCUT2D eigenvalue weighted by Gasteiger charge is 2.24. The Labute approximate surface area is 208 Å². The number of aromatic nitrogens is 6. The van der Waals surface area contributed by atoms with Gasteiger partial charge in [0.25, 0.3) is 5.95 Å². The first-order chi connectivity index (χ1) is 17.6. The zero-order chi connectivity index (χ0) is 25.1. The predicted molar refractivity (Wildman–Crippen MR) is 136 cm³/mol. The van der Waals surface area contributed by atoms with Crippen LogP contribution in [0.4, 0.5) is 11.8 Å². The van der Waals surface area contributed by atoms with Crippen molar-refractivity contribution in [3.8, 4) is 23.0 Å². The summed E-state index contributed by atoms with van der Waals surface area (Å²) in [5.41, 5.74) is 3.13. The molecule has 0 atom stereocenters. The molecular formula is C24H29N9O3. The average molecular weight is 492 g/mol. The summed E-state index contributed by atoms with van der Waals surface area (Å²) in [6.07, 6.45) is 1.87. The number of hydrogen-bond donors (Lipinski definition) is 2. The number of anilines is 2. The molecule has 5 rings (SSSR count). The zero-order valence-corrected chi connectivity index (χ0v) is 20.6. The molecule has 0 aliphatic carbocycles. The fourth-order valence-corrected chi connectivity index (χ4v) is 4.18. The van der Waals surface area contributed by atoms with Crippen LogP contribution in [0.5, 0.6) is 5.88 Å². The molecular weight excluding hydrogens is 462 g/mol. The largest absolute Gasteiger partial charge is 0.479 e. The highest BCUT2D eigenvalue weighted by Crippen LogP contribution is 2.31. The summed E-state index contributed by atoms with van der Waals surface area (Å²) in [6.45, 7) is 5.28. The number of likely N-dealkylation sites (N-methyl/N-ethyl adjacent to an activating group) is 1. The number of aryl methyl sites for hydroxylation is 1. The SMILES string of the molecule is CCn1c(NCC(=O)NC)nc2c(N3CCOCC3)nc(-n3cc(-c4ccccc4)c(OC)n3)nc21. The maximum atomic E-state index is 11.8. The molecule has 0 bridgehead atoms. The number of benzene rings is 1. The number of ether oxygens (including phenoxy) is 2. The Morgan fingerprint density at radius 2 is 1.92 bits per heavy atom. The number of morpholine rings is 1. The van der Waals surface area contributed by atoms with Gasteiger partial charge in [-0.25, -0.2) is 9.67 Å². The maximum Gasteiger partial charge on any atom is 0.254 e. The van der Waals surface area contributed by atoms with Crippen molar-refractivity contribution >= 4 is 28.8 Å². The molecule has 4 aromatic rings. The van der Waals surface area contributed by atoms with Gasteiger partial charge in [0, 0.05) is 32.9 Å². The van der Waals surface area contributed by atoms with Crippen LogP contribution in [0.15, 0.2) is 36.5 Å². The molecule has 4 heterocycles. The van der Waals surface area contributed by atoms with E-state index in [2.05, 4.69) is 20.6 Å². The Balaban J connectivity index is 1.65. The van der Waals surface area contributed by atoms with Crippen molar-refractivity contribution in [2.75, 3.05) is 57.2 Å². The van der Waals surface area contributed by atoms with Gasteiger partial charge in [-0.15, -0.1) is 5.10 Å². The van der Waals surface area contributed by atoms with Crippen LogP contribution in [0.25, 0.3) is 28.2 Å². The lowest BCUT2D eigenvalue weighted by molar-refractivity contribution is -0.118. The second kappa shape index (κ2) is 10.2. The van der Waals surface area contributed by atoms with E-state index in [1.807, 2.05) is 48.0 Å². The number of amides is 1. The lowest BCUT2D eigenvalue weighted by atomic mass is 10.1. The van der Waals surface area contributed by atoms with Gasteiger partial charge < -0.3 is 25.0 Å². The molecule has 12 heteroatoms. The summed E-state index contributed by atoms with van der Waals surface area (Å²) in [5, 5.41) is 10.4. The summed E-state index contributed by atoms with van der Waals surface area (Å²) >= 11 is 0. The molecule has 0 saturated carbocycles. The zero-order valence-electron chi connectivity index (χ0n) is 20.6. The van der Waals surface area contributed by atoms with Crippen molar-refractivity contribution in [2.24, 2.45) is 0 Å². The summed E-state index contributed by atoms with van der Waals surface area (Å²) < 4.78 is 14.7. The molecule has 0 unspecified atom stereocenters. The monoisotopic (exact) mass is 491 g/mol. The fraction of sp³-hybridized carbons (Fsp3) is 0.375. The van der Waals surface area contributed by atoms with E-state index in [4.69, 9.17) is 24.4 Å². The van der Waals surface area contributed by atoms with Crippen LogP contribution in [0.3, 0.4) is 0 Å². The van der Waals surface area contributed by atoms with Gasteiger partial charge in [0.1, 0.15) is 0 Å². The highest BCUT2D eigenvalue weighted by molar-refractivity contribution is 5.87. The topological polar surface area (TPSA) is 124 Å². The first-order valence-corrected chi connectivity index (χ1v) is 11.9. The fourth-order valence-electron chi connectivity index (χ4n) is 4.18. The minimum absolute atomic E-state index is 0.101. The molecule has 12 nitrogen and oxygen atoms in total. The number of carbonyl (C=O) groups excluding carboxylic acids is 1. The van der Waals surface area contributed by atoms with Gasteiger partial charge in [0.2, 0.25) is 17.7 Å². The molecule has 36 heavy (non-hydrogen) atoms. The van der Waals surface area contributed by atoms with Crippen LogP contribution < -0.4 is 20.3 Å². The van der Waals surface area contributed by atoms with Crippen LogP contribution in [0, 0.1) is 0 Å². The predicted octanol–water partition coefficient (Wildman–Crippen LogP) is 1.70. The third kappa shape index (κ3) is 4.42. The van der Waals surface area contributed by atoms with E-state index in [0.29, 0.717) is 67.6 Å². The van der Waals surface area contributed by atoms with Crippen molar-refractivity contribution in [3.63, 3.8) is 0 Å². The van der Waals surface area contributed by atoms with E-state index in [-0.39, 0.29) is 12.5 Å².